The van der Waals surface area contributed by atoms with E-state index in [1.807, 2.05) is 42.5 Å². The second kappa shape index (κ2) is 5.39. The van der Waals surface area contributed by atoms with Crippen molar-refractivity contribution in [2.75, 3.05) is 12.0 Å². The van der Waals surface area contributed by atoms with Crippen LogP contribution >= 0.6 is 11.6 Å². The van der Waals surface area contributed by atoms with Gasteiger partial charge in [-0.15, -0.1) is 0 Å². The Balaban J connectivity index is 1.96. The predicted octanol–water partition coefficient (Wildman–Crippen LogP) is 2.76. The lowest BCUT2D eigenvalue weighted by molar-refractivity contribution is -0.126. The van der Waals surface area contributed by atoms with Crippen LogP contribution in [0.25, 0.3) is 0 Å². The van der Waals surface area contributed by atoms with Crippen LogP contribution in [0.4, 0.5) is 5.69 Å². The van der Waals surface area contributed by atoms with Crippen LogP contribution in [0.5, 0.6) is 5.75 Å². The molecule has 1 saturated heterocycles. The predicted molar refractivity (Wildman–Crippen MR) is 82.6 cm³/mol. The summed E-state index contributed by atoms with van der Waals surface area (Å²) in [7, 11) is 1.60. The summed E-state index contributed by atoms with van der Waals surface area (Å²) >= 11 is 6.23. The molecule has 108 valence electrons. The third-order valence-corrected chi connectivity index (χ3v) is 4.06. The van der Waals surface area contributed by atoms with Gasteiger partial charge in [-0.2, -0.15) is 0 Å². The highest BCUT2D eigenvalue weighted by Gasteiger charge is 2.47. The third-order valence-electron chi connectivity index (χ3n) is 3.72. The summed E-state index contributed by atoms with van der Waals surface area (Å²) < 4.78 is 5.13. The molecule has 1 amide bonds. The molecule has 0 saturated carbocycles. The standard InChI is InChI=1S/C16H15ClN2O2/c1-21-11-8-6-10(7-9-11)19-15(14(18)16(19)20)12-4-2-3-5-13(12)17/h2-9,14-15H,18H2,1H3. The van der Waals surface area contributed by atoms with Crippen LogP contribution in [0.1, 0.15) is 11.6 Å². The van der Waals surface area contributed by atoms with Crippen LogP contribution in [0.3, 0.4) is 0 Å². The number of carbonyl (C=O) groups is 1. The van der Waals surface area contributed by atoms with E-state index in [9.17, 15) is 4.79 Å². The van der Waals surface area contributed by atoms with E-state index in [-0.39, 0.29) is 11.9 Å². The largest absolute Gasteiger partial charge is 0.497 e. The fraction of sp³-hybridized carbons (Fsp3) is 0.188. The summed E-state index contributed by atoms with van der Waals surface area (Å²) in [5, 5.41) is 0.615. The van der Waals surface area contributed by atoms with Gasteiger partial charge >= 0.3 is 0 Å². The molecule has 0 bridgehead atoms. The first kappa shape index (κ1) is 13.9. The monoisotopic (exact) mass is 302 g/mol. The van der Waals surface area contributed by atoms with Gasteiger partial charge in [0.05, 0.1) is 13.2 Å². The summed E-state index contributed by atoms with van der Waals surface area (Å²) in [5.74, 6) is 0.635. The van der Waals surface area contributed by atoms with Gasteiger partial charge in [0.2, 0.25) is 5.91 Å². The van der Waals surface area contributed by atoms with E-state index in [1.165, 1.54) is 0 Å². The minimum atomic E-state index is -0.563. The first-order valence-electron chi connectivity index (χ1n) is 6.60. The van der Waals surface area contributed by atoms with E-state index in [1.54, 1.807) is 18.1 Å². The molecular formula is C16H15ClN2O2. The lowest BCUT2D eigenvalue weighted by atomic mass is 9.88. The lowest BCUT2D eigenvalue weighted by Gasteiger charge is -2.45. The maximum atomic E-state index is 12.1. The fourth-order valence-electron chi connectivity index (χ4n) is 2.59. The number of nitrogens with two attached hydrogens (primary N) is 1. The molecule has 2 unspecified atom stereocenters. The lowest BCUT2D eigenvalue weighted by Crippen LogP contribution is -2.63. The molecule has 21 heavy (non-hydrogen) atoms. The first-order chi connectivity index (χ1) is 10.1. The molecule has 5 heteroatoms. The summed E-state index contributed by atoms with van der Waals surface area (Å²) in [4.78, 5) is 13.8. The van der Waals surface area contributed by atoms with E-state index in [0.717, 1.165) is 17.0 Å². The van der Waals surface area contributed by atoms with Gasteiger partial charge in [0.1, 0.15) is 11.8 Å². The molecule has 2 atom stereocenters. The molecule has 0 aromatic heterocycles. The molecule has 1 aliphatic rings. The number of ether oxygens (including phenoxy) is 1. The number of carbonyl (C=O) groups excluding carboxylic acids is 1. The van der Waals surface area contributed by atoms with E-state index >= 15 is 0 Å². The molecule has 1 heterocycles. The maximum Gasteiger partial charge on any atom is 0.247 e. The van der Waals surface area contributed by atoms with Crippen LogP contribution < -0.4 is 15.4 Å². The Morgan fingerprint density at radius 3 is 2.43 bits per heavy atom. The van der Waals surface area contributed by atoms with Crippen molar-refractivity contribution in [3.8, 4) is 5.75 Å². The Kier molecular flexibility index (Phi) is 3.57. The van der Waals surface area contributed by atoms with E-state index in [2.05, 4.69) is 0 Å². The van der Waals surface area contributed by atoms with Gasteiger partial charge in [0.25, 0.3) is 0 Å². The molecule has 3 rings (SSSR count). The minimum absolute atomic E-state index is 0.106. The molecule has 1 aliphatic heterocycles. The van der Waals surface area contributed by atoms with E-state index < -0.39 is 6.04 Å². The number of nitrogens with zero attached hydrogens (tertiary/aromatic N) is 1. The Bertz CT molecular complexity index is 672. The number of methoxy groups -OCH3 is 1. The molecule has 2 aromatic carbocycles. The Morgan fingerprint density at radius 1 is 1.14 bits per heavy atom. The summed E-state index contributed by atoms with van der Waals surface area (Å²) in [5.41, 5.74) is 7.62. The molecule has 2 aromatic rings. The summed E-state index contributed by atoms with van der Waals surface area (Å²) in [6.07, 6.45) is 0. The second-order valence-electron chi connectivity index (χ2n) is 4.90. The van der Waals surface area contributed by atoms with Gasteiger partial charge in [-0.25, -0.2) is 0 Å². The molecular weight excluding hydrogens is 288 g/mol. The quantitative estimate of drug-likeness (QED) is 0.887. The van der Waals surface area contributed by atoms with Gasteiger partial charge in [0, 0.05) is 10.7 Å². The number of anilines is 1. The average Bonchev–Trinajstić information content (AvgIpc) is 2.53. The Hall–Kier alpha value is -2.04. The maximum absolute atomic E-state index is 12.1. The Labute approximate surface area is 128 Å². The molecule has 2 N–H and O–H groups in total. The first-order valence-corrected chi connectivity index (χ1v) is 6.98. The topological polar surface area (TPSA) is 55.6 Å². The van der Waals surface area contributed by atoms with Crippen LogP contribution in [0.2, 0.25) is 5.02 Å². The number of rotatable bonds is 3. The fourth-order valence-corrected chi connectivity index (χ4v) is 2.84. The summed E-state index contributed by atoms with van der Waals surface area (Å²) in [6.45, 7) is 0. The number of benzene rings is 2. The van der Waals surface area contributed by atoms with Crippen molar-refractivity contribution in [2.24, 2.45) is 5.73 Å². The zero-order valence-electron chi connectivity index (χ0n) is 11.5. The minimum Gasteiger partial charge on any atom is -0.497 e. The molecule has 4 nitrogen and oxygen atoms in total. The number of hydrogen-bond acceptors (Lipinski definition) is 3. The van der Waals surface area contributed by atoms with Crippen molar-refractivity contribution in [3.63, 3.8) is 0 Å². The zero-order valence-corrected chi connectivity index (χ0v) is 12.2. The van der Waals surface area contributed by atoms with Crippen LogP contribution in [-0.4, -0.2) is 19.1 Å². The van der Waals surface area contributed by atoms with Crippen LogP contribution in [0, 0.1) is 0 Å². The van der Waals surface area contributed by atoms with Crippen LogP contribution in [0.15, 0.2) is 48.5 Å². The van der Waals surface area contributed by atoms with Gasteiger partial charge in [-0.1, -0.05) is 29.8 Å². The zero-order chi connectivity index (χ0) is 15.0. The second-order valence-corrected chi connectivity index (χ2v) is 5.31. The van der Waals surface area contributed by atoms with Gasteiger partial charge in [0.15, 0.2) is 0 Å². The Morgan fingerprint density at radius 2 is 1.81 bits per heavy atom. The van der Waals surface area contributed by atoms with Gasteiger partial charge in [-0.3, -0.25) is 4.79 Å². The molecule has 0 spiro atoms. The van der Waals surface area contributed by atoms with Gasteiger partial charge in [-0.05, 0) is 35.9 Å². The third kappa shape index (κ3) is 2.26. The number of hydrogen-bond donors (Lipinski definition) is 1. The highest BCUT2D eigenvalue weighted by molar-refractivity contribution is 6.31. The van der Waals surface area contributed by atoms with Crippen molar-refractivity contribution < 1.29 is 9.53 Å². The molecule has 1 fully saturated rings. The van der Waals surface area contributed by atoms with Crippen molar-refractivity contribution in [1.82, 2.24) is 0 Å². The highest BCUT2D eigenvalue weighted by Crippen LogP contribution is 2.40. The number of halogens is 1. The van der Waals surface area contributed by atoms with Crippen LogP contribution in [-0.2, 0) is 4.79 Å². The van der Waals surface area contributed by atoms with E-state index in [0.29, 0.717) is 5.02 Å². The van der Waals surface area contributed by atoms with Crippen molar-refractivity contribution >= 4 is 23.2 Å². The average molecular weight is 303 g/mol. The van der Waals surface area contributed by atoms with Crippen molar-refractivity contribution in [2.45, 2.75) is 12.1 Å². The SMILES string of the molecule is COc1ccc(N2C(=O)C(N)C2c2ccccc2Cl)cc1. The molecule has 0 radical (unpaired) electrons. The number of β-lactam (4-membered cyclic amide) rings is 1. The molecule has 0 aliphatic carbocycles. The normalized spacial score (nSPS) is 21.1. The van der Waals surface area contributed by atoms with Gasteiger partial charge < -0.3 is 15.4 Å². The van der Waals surface area contributed by atoms with E-state index in [4.69, 9.17) is 22.1 Å². The number of amides is 1. The van der Waals surface area contributed by atoms with Crippen molar-refractivity contribution in [3.05, 3.63) is 59.1 Å². The highest BCUT2D eigenvalue weighted by atomic mass is 35.5. The summed E-state index contributed by atoms with van der Waals surface area (Å²) in [6, 6.07) is 14.0. The smallest absolute Gasteiger partial charge is 0.247 e. The van der Waals surface area contributed by atoms with Crippen molar-refractivity contribution in [1.29, 1.82) is 0 Å².